The van der Waals surface area contributed by atoms with Gasteiger partial charge in [-0.1, -0.05) is 0 Å². The van der Waals surface area contributed by atoms with Crippen molar-refractivity contribution in [3.05, 3.63) is 18.7 Å². The number of amides is 3. The molecule has 0 bridgehead atoms. The minimum atomic E-state index is -0.965. The van der Waals surface area contributed by atoms with Gasteiger partial charge in [0.15, 0.2) is 22.8 Å². The molecule has 3 aromatic rings. The molecule has 50 heavy (non-hydrogen) atoms. The highest BCUT2D eigenvalue weighted by Gasteiger charge is 2.35. The molecule has 16 heteroatoms. The van der Waals surface area contributed by atoms with Crippen molar-refractivity contribution in [1.82, 2.24) is 34.4 Å². The number of hydrogen-bond donors (Lipinski definition) is 0. The molecule has 2 fully saturated rings. The van der Waals surface area contributed by atoms with Crippen molar-refractivity contribution in [2.45, 2.75) is 98.5 Å². The number of imidazole rings is 1. The summed E-state index contributed by atoms with van der Waals surface area (Å²) in [5, 5.41) is 0. The monoisotopic (exact) mass is 695 g/mol. The number of likely N-dealkylation sites (tertiary alicyclic amines) is 1. The number of hydrogen-bond acceptors (Lipinski definition) is 13. The minimum absolute atomic E-state index is 0.213. The topological polar surface area (TPSA) is 167 Å². The first kappa shape index (κ1) is 36.7. The van der Waals surface area contributed by atoms with E-state index in [9.17, 15) is 14.4 Å². The first-order valence-electron chi connectivity index (χ1n) is 17.0. The normalized spacial score (nSPS) is 16.3. The molecule has 2 saturated heterocycles. The van der Waals surface area contributed by atoms with Crippen LogP contribution in [-0.2, 0) is 25.5 Å². The standard InChI is InChI=1S/C34H49N9O7/c1-32(2,3)48-29(44)41-12-10-22(11-13-41)20-42-21-37-24-26(40-14-16-47-17-15-40)38-25(39-27(24)42)23-18-35-28(36-19-23)43(30(45)49-33(4,5)6)31(46)50-34(7,8)9/h18-19,21-22H,10-17,20H2,1-9H3. The fourth-order valence-electron chi connectivity index (χ4n) is 5.50. The van der Waals surface area contributed by atoms with Crippen LogP contribution in [0.2, 0.25) is 0 Å². The maximum atomic E-state index is 13.1. The van der Waals surface area contributed by atoms with E-state index < -0.39 is 29.0 Å². The van der Waals surface area contributed by atoms with Crippen molar-refractivity contribution in [1.29, 1.82) is 0 Å². The van der Waals surface area contributed by atoms with Gasteiger partial charge in [-0.15, -0.1) is 4.90 Å². The van der Waals surface area contributed by atoms with Crippen LogP contribution in [0.15, 0.2) is 18.7 Å². The van der Waals surface area contributed by atoms with Crippen LogP contribution in [-0.4, -0.2) is 109 Å². The van der Waals surface area contributed by atoms with Crippen LogP contribution < -0.4 is 9.80 Å². The number of rotatable bonds is 5. The Labute approximate surface area is 292 Å². The number of carbonyl (C=O) groups excluding carboxylic acids is 3. The Morgan fingerprint density at radius 1 is 0.800 bits per heavy atom. The third kappa shape index (κ3) is 9.34. The molecule has 2 aliphatic heterocycles. The Balaban J connectivity index is 1.43. The molecule has 5 heterocycles. The summed E-state index contributed by atoms with van der Waals surface area (Å²) in [5.74, 6) is 1.10. The highest BCUT2D eigenvalue weighted by atomic mass is 16.6. The van der Waals surface area contributed by atoms with Crippen LogP contribution >= 0.6 is 0 Å². The maximum Gasteiger partial charge on any atom is 0.427 e. The first-order valence-corrected chi connectivity index (χ1v) is 17.0. The summed E-state index contributed by atoms with van der Waals surface area (Å²) in [4.78, 5) is 66.7. The Kier molecular flexibility index (Phi) is 10.5. The van der Waals surface area contributed by atoms with E-state index in [1.165, 1.54) is 12.4 Å². The van der Waals surface area contributed by atoms with Crippen LogP contribution in [0.3, 0.4) is 0 Å². The SMILES string of the molecule is CC(C)(C)OC(=O)N1CCC(Cn2cnc3c(N4CCOCC4)nc(-c4cnc(N(C(=O)OC(C)(C)C)C(=O)OC(C)(C)C)nc4)nc32)CC1. The van der Waals surface area contributed by atoms with E-state index in [1.54, 1.807) is 52.8 Å². The second kappa shape index (κ2) is 14.3. The van der Waals surface area contributed by atoms with Crippen molar-refractivity contribution < 1.29 is 33.3 Å². The van der Waals surface area contributed by atoms with Gasteiger partial charge in [-0.05, 0) is 81.1 Å². The average molecular weight is 696 g/mol. The summed E-state index contributed by atoms with van der Waals surface area (Å²) in [5.41, 5.74) is -0.514. The third-order valence-electron chi connectivity index (χ3n) is 7.73. The second-order valence-corrected chi connectivity index (χ2v) is 15.5. The van der Waals surface area contributed by atoms with Gasteiger partial charge >= 0.3 is 18.3 Å². The minimum Gasteiger partial charge on any atom is -0.444 e. The van der Waals surface area contributed by atoms with Crippen LogP contribution in [0.1, 0.15) is 75.2 Å². The zero-order chi connectivity index (χ0) is 36.4. The number of nitrogens with zero attached hydrogens (tertiary/aromatic N) is 9. The summed E-state index contributed by atoms with van der Waals surface area (Å²) in [7, 11) is 0. The van der Waals surface area contributed by atoms with Crippen LogP contribution in [0.5, 0.6) is 0 Å². The summed E-state index contributed by atoms with van der Waals surface area (Å²) in [6.45, 7) is 20.0. The van der Waals surface area contributed by atoms with Crippen molar-refractivity contribution in [2.75, 3.05) is 49.2 Å². The highest BCUT2D eigenvalue weighted by molar-refractivity contribution is 6.08. The quantitative estimate of drug-likeness (QED) is 0.310. The summed E-state index contributed by atoms with van der Waals surface area (Å²) < 4.78 is 24.1. The number of ether oxygens (including phenoxy) is 4. The molecule has 2 aliphatic rings. The molecule has 16 nitrogen and oxygen atoms in total. The molecule has 0 atom stereocenters. The molecule has 5 rings (SSSR count). The maximum absolute atomic E-state index is 13.1. The molecule has 272 valence electrons. The lowest BCUT2D eigenvalue weighted by Crippen LogP contribution is -2.44. The van der Waals surface area contributed by atoms with Gasteiger partial charge in [0, 0.05) is 45.1 Å². The number of carbonyl (C=O) groups is 3. The van der Waals surface area contributed by atoms with Crippen molar-refractivity contribution in [2.24, 2.45) is 5.92 Å². The molecular formula is C34H49N9O7. The van der Waals surface area contributed by atoms with Gasteiger partial charge in [0.25, 0.3) is 0 Å². The Morgan fingerprint density at radius 2 is 1.36 bits per heavy atom. The van der Waals surface area contributed by atoms with Gasteiger partial charge in [-0.25, -0.2) is 39.3 Å². The Morgan fingerprint density at radius 3 is 1.90 bits per heavy atom. The molecule has 3 amide bonds. The molecule has 0 radical (unpaired) electrons. The third-order valence-corrected chi connectivity index (χ3v) is 7.73. The predicted octanol–water partition coefficient (Wildman–Crippen LogP) is 5.44. The number of piperidine rings is 1. The van der Waals surface area contributed by atoms with E-state index in [0.29, 0.717) is 85.1 Å². The molecule has 0 saturated carbocycles. The van der Waals surface area contributed by atoms with E-state index in [4.69, 9.17) is 33.9 Å². The van der Waals surface area contributed by atoms with Gasteiger partial charge in [0.1, 0.15) is 16.8 Å². The fourth-order valence-corrected chi connectivity index (χ4v) is 5.50. The zero-order valence-corrected chi connectivity index (χ0v) is 30.6. The summed E-state index contributed by atoms with van der Waals surface area (Å²) >= 11 is 0. The summed E-state index contributed by atoms with van der Waals surface area (Å²) in [6.07, 6.45) is 4.11. The van der Waals surface area contributed by atoms with E-state index in [1.807, 2.05) is 25.3 Å². The molecule has 0 aliphatic carbocycles. The van der Waals surface area contributed by atoms with E-state index >= 15 is 0 Å². The van der Waals surface area contributed by atoms with Crippen molar-refractivity contribution in [3.63, 3.8) is 0 Å². The Bertz CT molecular complexity index is 1650. The highest BCUT2D eigenvalue weighted by Crippen LogP contribution is 2.30. The van der Waals surface area contributed by atoms with Gasteiger partial charge in [-0.2, -0.15) is 0 Å². The lowest BCUT2D eigenvalue weighted by molar-refractivity contribution is 0.0177. The number of fused-ring (bicyclic) bond motifs is 1. The van der Waals surface area contributed by atoms with Crippen molar-refractivity contribution >= 4 is 41.2 Å². The number of morpholine rings is 1. The largest absolute Gasteiger partial charge is 0.444 e. The molecule has 0 aromatic carbocycles. The van der Waals surface area contributed by atoms with Gasteiger partial charge < -0.3 is 33.3 Å². The van der Waals surface area contributed by atoms with Gasteiger partial charge in [0.05, 0.1) is 25.1 Å². The second-order valence-electron chi connectivity index (χ2n) is 15.5. The zero-order valence-electron chi connectivity index (χ0n) is 30.6. The molecule has 0 unspecified atom stereocenters. The van der Waals surface area contributed by atoms with Crippen LogP contribution in [0.4, 0.5) is 26.1 Å². The van der Waals surface area contributed by atoms with Gasteiger partial charge in [0.2, 0.25) is 5.95 Å². The van der Waals surface area contributed by atoms with E-state index in [-0.39, 0.29) is 12.0 Å². The molecular weight excluding hydrogens is 646 g/mol. The molecule has 0 N–H and O–H groups in total. The smallest absolute Gasteiger partial charge is 0.427 e. The van der Waals surface area contributed by atoms with Crippen molar-refractivity contribution in [3.8, 4) is 11.4 Å². The van der Waals surface area contributed by atoms with Crippen LogP contribution in [0.25, 0.3) is 22.6 Å². The first-order chi connectivity index (χ1) is 23.4. The van der Waals surface area contributed by atoms with E-state index in [2.05, 4.69) is 14.9 Å². The number of anilines is 2. The number of imide groups is 1. The van der Waals surface area contributed by atoms with Crippen LogP contribution in [0, 0.1) is 5.92 Å². The summed E-state index contributed by atoms with van der Waals surface area (Å²) in [6, 6.07) is 0. The van der Waals surface area contributed by atoms with Gasteiger partial charge in [-0.3, -0.25) is 0 Å². The predicted molar refractivity (Wildman–Crippen MR) is 185 cm³/mol. The average Bonchev–Trinajstić information content (AvgIpc) is 3.41. The lowest BCUT2D eigenvalue weighted by Gasteiger charge is -2.33. The molecule has 3 aromatic heterocycles. The lowest BCUT2D eigenvalue weighted by atomic mass is 9.97. The van der Waals surface area contributed by atoms with E-state index in [0.717, 1.165) is 12.8 Å². The fraction of sp³-hybridized carbons (Fsp3) is 0.647. The Hall–Kier alpha value is -4.60. The number of aromatic nitrogens is 6. The molecule has 0 spiro atoms.